The molecule has 212 valence electrons. The molecule has 0 fully saturated rings. The van der Waals surface area contributed by atoms with E-state index in [4.69, 9.17) is 16.3 Å². The maximum absolute atomic E-state index is 13.5. The van der Waals surface area contributed by atoms with E-state index in [1.54, 1.807) is 43.3 Å². The molecule has 0 aliphatic rings. The third-order valence-electron chi connectivity index (χ3n) is 6.60. The number of rotatable bonds is 10. The molecule has 0 aliphatic carbocycles. The van der Waals surface area contributed by atoms with Gasteiger partial charge in [0.15, 0.2) is 0 Å². The van der Waals surface area contributed by atoms with E-state index in [2.05, 4.69) is 28.7 Å². The molecule has 0 atom stereocenters. The predicted octanol–water partition coefficient (Wildman–Crippen LogP) is 6.73. The number of amides is 1. The van der Waals surface area contributed by atoms with Crippen LogP contribution in [0.3, 0.4) is 0 Å². The molecule has 1 N–H and O–H groups in total. The molecule has 0 spiro atoms. The first-order valence-electron chi connectivity index (χ1n) is 13.2. The quantitative estimate of drug-likeness (QED) is 0.143. The highest BCUT2D eigenvalue weighted by Crippen LogP contribution is 2.29. The Balaban J connectivity index is 1.23. The topological polar surface area (TPSA) is 88.1 Å². The van der Waals surface area contributed by atoms with E-state index in [-0.39, 0.29) is 4.90 Å². The zero-order valence-corrected chi connectivity index (χ0v) is 24.3. The van der Waals surface area contributed by atoms with Crippen molar-refractivity contribution < 1.29 is 17.9 Å². The van der Waals surface area contributed by atoms with Gasteiger partial charge in [0, 0.05) is 5.02 Å². The maximum atomic E-state index is 13.5. The Morgan fingerprint density at radius 3 is 2.38 bits per heavy atom. The minimum atomic E-state index is -4.04. The lowest BCUT2D eigenvalue weighted by molar-refractivity contribution is -0.119. The monoisotopic (exact) mass is 597 g/mol. The first kappa shape index (κ1) is 28.9. The summed E-state index contributed by atoms with van der Waals surface area (Å²) in [6, 6.07) is 34.4. The normalized spacial score (nSPS) is 11.5. The molecule has 0 aliphatic heterocycles. The van der Waals surface area contributed by atoms with Crippen molar-refractivity contribution in [1.82, 2.24) is 5.43 Å². The molecule has 5 rings (SSSR count). The van der Waals surface area contributed by atoms with E-state index >= 15 is 0 Å². The van der Waals surface area contributed by atoms with Gasteiger partial charge in [0.05, 0.1) is 16.8 Å². The van der Waals surface area contributed by atoms with Gasteiger partial charge in [-0.15, -0.1) is 0 Å². The summed E-state index contributed by atoms with van der Waals surface area (Å²) in [5.41, 5.74) is 5.22. The summed E-state index contributed by atoms with van der Waals surface area (Å²) in [5, 5.41) is 6.81. The highest BCUT2D eigenvalue weighted by molar-refractivity contribution is 7.92. The molecule has 0 saturated carbocycles. The summed E-state index contributed by atoms with van der Waals surface area (Å²) in [4.78, 5) is 12.9. The number of carbonyl (C=O) groups excluding carboxylic acids is 1. The van der Waals surface area contributed by atoms with E-state index < -0.39 is 22.5 Å². The fourth-order valence-electron chi connectivity index (χ4n) is 4.49. The summed E-state index contributed by atoms with van der Waals surface area (Å²) in [6.07, 6.45) is 1.48. The highest BCUT2D eigenvalue weighted by atomic mass is 35.5. The van der Waals surface area contributed by atoms with Gasteiger partial charge < -0.3 is 4.74 Å². The Kier molecular flexibility index (Phi) is 8.85. The molecule has 42 heavy (non-hydrogen) atoms. The van der Waals surface area contributed by atoms with Crippen molar-refractivity contribution in [2.75, 3.05) is 10.8 Å². The molecule has 0 unspecified atom stereocenters. The number of anilines is 1. The summed E-state index contributed by atoms with van der Waals surface area (Å²) < 4.78 is 34.0. The van der Waals surface area contributed by atoms with Gasteiger partial charge in [0.25, 0.3) is 15.9 Å². The summed E-state index contributed by atoms with van der Waals surface area (Å²) in [5.74, 6) is 0.0966. The Bertz CT molecular complexity index is 1840. The molecule has 7 nitrogen and oxygen atoms in total. The highest BCUT2D eigenvalue weighted by Gasteiger charge is 2.28. The van der Waals surface area contributed by atoms with Gasteiger partial charge in [0.1, 0.15) is 18.9 Å². The Morgan fingerprint density at radius 2 is 1.62 bits per heavy atom. The number of halogens is 1. The average molecular weight is 598 g/mol. The van der Waals surface area contributed by atoms with Gasteiger partial charge in [-0.05, 0) is 89.0 Å². The van der Waals surface area contributed by atoms with E-state index in [1.807, 2.05) is 48.5 Å². The first-order chi connectivity index (χ1) is 20.3. The lowest BCUT2D eigenvalue weighted by Crippen LogP contribution is -2.40. The maximum Gasteiger partial charge on any atom is 0.264 e. The van der Waals surface area contributed by atoms with Crippen LogP contribution in [0, 0.1) is 6.92 Å². The van der Waals surface area contributed by atoms with E-state index in [0.29, 0.717) is 28.6 Å². The van der Waals surface area contributed by atoms with Gasteiger partial charge in [-0.2, -0.15) is 5.10 Å². The number of hydrazone groups is 1. The Labute approximate surface area is 250 Å². The van der Waals surface area contributed by atoms with Crippen molar-refractivity contribution in [3.8, 4) is 5.75 Å². The molecule has 0 heterocycles. The SMILES string of the molecule is Cc1cc(Cl)ccc1N(CC(=O)N/N=C\c1ccc(OCc2cccc3ccccc23)cc1)S(=O)(=O)c1ccccc1. The second-order valence-corrected chi connectivity index (χ2v) is 11.8. The number of sulfonamides is 1. The summed E-state index contributed by atoms with van der Waals surface area (Å²) in [7, 11) is -4.04. The van der Waals surface area contributed by atoms with Crippen LogP contribution in [0.2, 0.25) is 5.02 Å². The van der Waals surface area contributed by atoms with Crippen LogP contribution in [0.4, 0.5) is 5.69 Å². The largest absolute Gasteiger partial charge is 0.489 e. The smallest absolute Gasteiger partial charge is 0.264 e. The molecule has 1 amide bonds. The van der Waals surface area contributed by atoms with Crippen LogP contribution in [0.1, 0.15) is 16.7 Å². The van der Waals surface area contributed by atoms with Gasteiger partial charge in [-0.3, -0.25) is 9.10 Å². The zero-order chi connectivity index (χ0) is 29.5. The fraction of sp³-hybridized carbons (Fsp3) is 0.0909. The lowest BCUT2D eigenvalue weighted by Gasteiger charge is -2.25. The number of fused-ring (bicyclic) bond motifs is 1. The van der Waals surface area contributed by atoms with Gasteiger partial charge in [-0.25, -0.2) is 13.8 Å². The van der Waals surface area contributed by atoms with Crippen LogP contribution in [0.15, 0.2) is 125 Å². The molecule has 0 bridgehead atoms. The molecular formula is C33H28ClN3O4S. The number of aryl methyl sites for hydroxylation is 1. The van der Waals surface area contributed by atoms with Gasteiger partial charge in [-0.1, -0.05) is 72.3 Å². The van der Waals surface area contributed by atoms with Crippen molar-refractivity contribution in [2.45, 2.75) is 18.4 Å². The molecule has 0 radical (unpaired) electrons. The zero-order valence-electron chi connectivity index (χ0n) is 22.8. The molecule has 0 aromatic heterocycles. The van der Waals surface area contributed by atoms with E-state index in [9.17, 15) is 13.2 Å². The standard InChI is InChI=1S/C33H28ClN3O4S/c1-24-20-28(34)16-19-32(24)37(42(39,40)30-11-3-2-4-12-30)22-33(38)36-35-21-25-14-17-29(18-15-25)41-23-27-10-7-9-26-8-5-6-13-31(26)27/h2-21H,22-23H2,1H3,(H,36,38)/b35-21-. The van der Waals surface area contributed by atoms with Crippen molar-refractivity contribution in [2.24, 2.45) is 5.10 Å². The van der Waals surface area contributed by atoms with Gasteiger partial charge >= 0.3 is 0 Å². The third-order valence-corrected chi connectivity index (χ3v) is 8.61. The van der Waals surface area contributed by atoms with Crippen molar-refractivity contribution >= 4 is 50.2 Å². The number of nitrogens with one attached hydrogen (secondary N) is 1. The Morgan fingerprint density at radius 1 is 0.905 bits per heavy atom. The number of hydrogen-bond donors (Lipinski definition) is 1. The lowest BCUT2D eigenvalue weighted by atomic mass is 10.1. The van der Waals surface area contributed by atoms with Gasteiger partial charge in [0.2, 0.25) is 0 Å². The van der Waals surface area contributed by atoms with E-state index in [1.165, 1.54) is 18.3 Å². The minimum absolute atomic E-state index is 0.0680. The van der Waals surface area contributed by atoms with Crippen LogP contribution in [0.5, 0.6) is 5.75 Å². The third kappa shape index (κ3) is 6.79. The molecular weight excluding hydrogens is 570 g/mol. The van der Waals surface area contributed by atoms with Crippen LogP contribution >= 0.6 is 11.6 Å². The second-order valence-electron chi connectivity index (χ2n) is 9.54. The van der Waals surface area contributed by atoms with Crippen LogP contribution < -0.4 is 14.5 Å². The molecule has 5 aromatic rings. The minimum Gasteiger partial charge on any atom is -0.489 e. The van der Waals surface area contributed by atoms with Crippen molar-refractivity contribution in [3.63, 3.8) is 0 Å². The fourth-order valence-corrected chi connectivity index (χ4v) is 6.23. The number of benzene rings is 5. The second kappa shape index (κ2) is 12.9. The molecule has 5 aromatic carbocycles. The number of nitrogens with zero attached hydrogens (tertiary/aromatic N) is 2. The van der Waals surface area contributed by atoms with E-state index in [0.717, 1.165) is 26.2 Å². The molecule has 0 saturated heterocycles. The summed E-state index contributed by atoms with van der Waals surface area (Å²) in [6.45, 7) is 1.69. The molecule has 9 heteroatoms. The Hall–Kier alpha value is -4.66. The van der Waals surface area contributed by atoms with Crippen molar-refractivity contribution in [3.05, 3.63) is 137 Å². The van der Waals surface area contributed by atoms with Crippen LogP contribution in [-0.4, -0.2) is 27.1 Å². The number of hydrogen-bond acceptors (Lipinski definition) is 5. The average Bonchev–Trinajstić information content (AvgIpc) is 3.00. The first-order valence-corrected chi connectivity index (χ1v) is 15.0. The van der Waals surface area contributed by atoms with Crippen LogP contribution in [-0.2, 0) is 21.4 Å². The van der Waals surface area contributed by atoms with Crippen molar-refractivity contribution in [1.29, 1.82) is 0 Å². The van der Waals surface area contributed by atoms with Crippen LogP contribution in [0.25, 0.3) is 10.8 Å². The summed E-state index contributed by atoms with van der Waals surface area (Å²) >= 11 is 6.09. The predicted molar refractivity (Wildman–Crippen MR) is 168 cm³/mol. The number of carbonyl (C=O) groups is 1. The number of ether oxygens (including phenoxy) is 1.